The lowest BCUT2D eigenvalue weighted by atomic mass is 10.1. The Balaban J connectivity index is 1.94. The summed E-state index contributed by atoms with van der Waals surface area (Å²) in [6.07, 6.45) is 2.88. The van der Waals surface area contributed by atoms with Crippen LogP contribution in [0.1, 0.15) is 40.7 Å². The van der Waals surface area contributed by atoms with E-state index in [0.717, 1.165) is 16.1 Å². The molecule has 2 heterocycles. The maximum Gasteiger partial charge on any atom is 0.273 e. The number of amides is 3. The van der Waals surface area contributed by atoms with E-state index in [0.29, 0.717) is 24.8 Å². The Morgan fingerprint density at radius 3 is 2.45 bits per heavy atom. The number of carbonyl (C=O) groups is 3. The van der Waals surface area contributed by atoms with Gasteiger partial charge in [0.2, 0.25) is 11.8 Å². The first-order valence-electron chi connectivity index (χ1n) is 6.55. The lowest BCUT2D eigenvalue weighted by molar-refractivity contribution is -0.163. The summed E-state index contributed by atoms with van der Waals surface area (Å²) in [5.41, 5.74) is 2.27. The minimum absolute atomic E-state index is 0.257. The summed E-state index contributed by atoms with van der Waals surface area (Å²) in [6.45, 7) is 3.95. The Morgan fingerprint density at radius 2 is 1.80 bits per heavy atom. The third-order valence-corrected chi connectivity index (χ3v) is 3.65. The summed E-state index contributed by atoms with van der Waals surface area (Å²) in [5.74, 6) is -0.892. The standard InChI is InChI=1S/C15H14N2O3/c1-2-10-6-7-12-11(8-10)9-16(15(12)20)17-13(18)4-3-5-14(17)19/h2,6-8H,1,3-5,9H2. The smallest absolute Gasteiger partial charge is 0.273 e. The maximum atomic E-state index is 12.3. The summed E-state index contributed by atoms with van der Waals surface area (Å²) in [5, 5.41) is 2.26. The van der Waals surface area contributed by atoms with Crippen LogP contribution in [0.4, 0.5) is 0 Å². The Labute approximate surface area is 116 Å². The summed E-state index contributed by atoms with van der Waals surface area (Å²) in [6, 6.07) is 5.37. The molecule has 1 aromatic carbocycles. The molecular weight excluding hydrogens is 256 g/mol. The van der Waals surface area contributed by atoms with Crippen LogP contribution >= 0.6 is 0 Å². The molecule has 0 aromatic heterocycles. The van der Waals surface area contributed by atoms with Gasteiger partial charge in [0.1, 0.15) is 0 Å². The monoisotopic (exact) mass is 270 g/mol. The minimum Gasteiger partial charge on any atom is -0.273 e. The largest absolute Gasteiger partial charge is 0.273 e. The van der Waals surface area contributed by atoms with Crippen molar-refractivity contribution < 1.29 is 14.4 Å². The van der Waals surface area contributed by atoms with Gasteiger partial charge in [0, 0.05) is 18.4 Å². The van der Waals surface area contributed by atoms with Crippen LogP contribution in [0.2, 0.25) is 0 Å². The number of carbonyl (C=O) groups excluding carboxylic acids is 3. The number of fused-ring (bicyclic) bond motifs is 1. The van der Waals surface area contributed by atoms with Gasteiger partial charge in [-0.1, -0.05) is 18.7 Å². The van der Waals surface area contributed by atoms with Gasteiger partial charge < -0.3 is 0 Å². The second-order valence-electron chi connectivity index (χ2n) is 4.94. The van der Waals surface area contributed by atoms with Gasteiger partial charge in [-0.2, -0.15) is 5.01 Å². The number of piperidine rings is 1. The Morgan fingerprint density at radius 1 is 1.10 bits per heavy atom. The van der Waals surface area contributed by atoms with E-state index in [9.17, 15) is 14.4 Å². The molecule has 0 aliphatic carbocycles. The fraction of sp³-hybridized carbons (Fsp3) is 0.267. The van der Waals surface area contributed by atoms with Gasteiger partial charge in [0.25, 0.3) is 5.91 Å². The average molecular weight is 270 g/mol. The van der Waals surface area contributed by atoms with Crippen LogP contribution < -0.4 is 0 Å². The molecule has 0 bridgehead atoms. The van der Waals surface area contributed by atoms with Gasteiger partial charge in [-0.15, -0.1) is 0 Å². The minimum atomic E-state index is -0.300. The van der Waals surface area contributed by atoms with Gasteiger partial charge in [0.15, 0.2) is 0 Å². The lowest BCUT2D eigenvalue weighted by Crippen LogP contribution is -2.51. The molecule has 0 N–H and O–H groups in total. The van der Waals surface area contributed by atoms with Crippen molar-refractivity contribution in [1.29, 1.82) is 0 Å². The van der Waals surface area contributed by atoms with Crippen molar-refractivity contribution >= 4 is 23.8 Å². The van der Waals surface area contributed by atoms with E-state index >= 15 is 0 Å². The zero-order valence-electron chi connectivity index (χ0n) is 11.0. The average Bonchev–Trinajstić information content (AvgIpc) is 2.75. The molecule has 0 radical (unpaired) electrons. The van der Waals surface area contributed by atoms with Gasteiger partial charge in [-0.05, 0) is 29.7 Å². The van der Waals surface area contributed by atoms with E-state index in [2.05, 4.69) is 6.58 Å². The molecule has 3 amide bonds. The van der Waals surface area contributed by atoms with Gasteiger partial charge in [0.05, 0.1) is 6.54 Å². The topological polar surface area (TPSA) is 57.7 Å². The summed E-state index contributed by atoms with van der Waals surface area (Å²) in [4.78, 5) is 36.2. The third-order valence-electron chi connectivity index (χ3n) is 3.65. The summed E-state index contributed by atoms with van der Waals surface area (Å²) < 4.78 is 0. The van der Waals surface area contributed by atoms with Crippen molar-refractivity contribution in [1.82, 2.24) is 10.0 Å². The first-order valence-corrected chi connectivity index (χ1v) is 6.55. The van der Waals surface area contributed by atoms with Crippen LogP contribution in [-0.2, 0) is 16.1 Å². The highest BCUT2D eigenvalue weighted by molar-refractivity contribution is 6.04. The van der Waals surface area contributed by atoms with Crippen molar-refractivity contribution in [2.75, 3.05) is 0 Å². The van der Waals surface area contributed by atoms with Crippen LogP contribution in [0.5, 0.6) is 0 Å². The fourth-order valence-electron chi connectivity index (χ4n) is 2.62. The van der Waals surface area contributed by atoms with Gasteiger partial charge in [-0.3, -0.25) is 14.4 Å². The zero-order chi connectivity index (χ0) is 14.3. The van der Waals surface area contributed by atoms with Crippen molar-refractivity contribution in [3.05, 3.63) is 41.5 Å². The molecular formula is C15H14N2O3. The summed E-state index contributed by atoms with van der Waals surface area (Å²) in [7, 11) is 0. The van der Waals surface area contributed by atoms with Gasteiger partial charge in [-0.25, -0.2) is 5.01 Å². The van der Waals surface area contributed by atoms with Crippen molar-refractivity contribution in [2.45, 2.75) is 25.8 Å². The molecule has 2 aliphatic rings. The summed E-state index contributed by atoms with van der Waals surface area (Å²) >= 11 is 0. The molecule has 2 aliphatic heterocycles. The van der Waals surface area contributed by atoms with E-state index in [4.69, 9.17) is 0 Å². The molecule has 0 spiro atoms. The van der Waals surface area contributed by atoms with Crippen LogP contribution in [0.25, 0.3) is 6.08 Å². The highest BCUT2D eigenvalue weighted by Crippen LogP contribution is 2.28. The number of hydrogen-bond acceptors (Lipinski definition) is 3. The van der Waals surface area contributed by atoms with Crippen LogP contribution in [0.3, 0.4) is 0 Å². The molecule has 1 fully saturated rings. The third kappa shape index (κ3) is 1.82. The van der Waals surface area contributed by atoms with E-state index in [1.807, 2.05) is 6.07 Å². The van der Waals surface area contributed by atoms with E-state index < -0.39 is 0 Å². The first kappa shape index (κ1) is 12.6. The maximum absolute atomic E-state index is 12.3. The Hall–Kier alpha value is -2.43. The second kappa shape index (κ2) is 4.59. The van der Waals surface area contributed by atoms with Crippen LogP contribution in [0.15, 0.2) is 24.8 Å². The SMILES string of the molecule is C=Cc1ccc2c(c1)CN(N1C(=O)CCCC1=O)C2=O. The zero-order valence-corrected chi connectivity index (χ0v) is 11.0. The second-order valence-corrected chi connectivity index (χ2v) is 4.94. The van der Waals surface area contributed by atoms with E-state index in [1.54, 1.807) is 18.2 Å². The molecule has 1 saturated heterocycles. The molecule has 1 aromatic rings. The molecule has 102 valence electrons. The molecule has 5 heteroatoms. The molecule has 0 unspecified atom stereocenters. The van der Waals surface area contributed by atoms with Gasteiger partial charge >= 0.3 is 0 Å². The number of hydrogen-bond donors (Lipinski definition) is 0. The van der Waals surface area contributed by atoms with Crippen LogP contribution in [-0.4, -0.2) is 27.7 Å². The van der Waals surface area contributed by atoms with Crippen LogP contribution in [0, 0.1) is 0 Å². The quantitative estimate of drug-likeness (QED) is 0.769. The highest BCUT2D eigenvalue weighted by atomic mass is 16.2. The van der Waals surface area contributed by atoms with Crippen molar-refractivity contribution in [3.8, 4) is 0 Å². The Bertz CT molecular complexity index is 620. The Kier molecular flexibility index (Phi) is 2.89. The van der Waals surface area contributed by atoms with E-state index in [-0.39, 0.29) is 24.3 Å². The fourth-order valence-corrected chi connectivity index (χ4v) is 2.62. The molecule has 3 rings (SSSR count). The molecule has 0 saturated carbocycles. The normalized spacial score (nSPS) is 18.5. The molecule has 5 nitrogen and oxygen atoms in total. The molecule has 0 atom stereocenters. The number of hydrazine groups is 1. The van der Waals surface area contributed by atoms with Crippen molar-refractivity contribution in [3.63, 3.8) is 0 Å². The predicted molar refractivity (Wildman–Crippen MR) is 72.1 cm³/mol. The lowest BCUT2D eigenvalue weighted by Gasteiger charge is -2.32. The number of rotatable bonds is 2. The highest BCUT2D eigenvalue weighted by Gasteiger charge is 2.39. The van der Waals surface area contributed by atoms with Crippen molar-refractivity contribution in [2.24, 2.45) is 0 Å². The molecule has 20 heavy (non-hydrogen) atoms. The number of nitrogens with zero attached hydrogens (tertiary/aromatic N) is 2. The number of imide groups is 1. The predicted octanol–water partition coefficient (Wildman–Crippen LogP) is 1.74. The van der Waals surface area contributed by atoms with E-state index in [1.165, 1.54) is 5.01 Å². The number of benzene rings is 1. The first-order chi connectivity index (χ1) is 9.61.